The first-order valence-electron chi connectivity index (χ1n) is 8.76. The molecule has 0 spiro atoms. The van der Waals surface area contributed by atoms with Crippen LogP contribution in [0.5, 0.6) is 5.75 Å². The molecule has 0 atom stereocenters. The molecule has 0 aromatic heterocycles. The summed E-state index contributed by atoms with van der Waals surface area (Å²) in [6.45, 7) is 4.58. The zero-order chi connectivity index (χ0) is 27.2. The third-order valence-electron chi connectivity index (χ3n) is 4.71. The Balaban J connectivity index is 3.27. The van der Waals surface area contributed by atoms with Crippen LogP contribution in [0.3, 0.4) is 0 Å². The van der Waals surface area contributed by atoms with Crippen LogP contribution in [0.2, 0.25) is 0 Å². The van der Waals surface area contributed by atoms with Gasteiger partial charge in [-0.15, -0.1) is 0 Å². The molecule has 196 valence electrons. The Morgan fingerprint density at radius 1 is 0.882 bits per heavy atom. The summed E-state index contributed by atoms with van der Waals surface area (Å²) in [7, 11) is -18.8. The van der Waals surface area contributed by atoms with Gasteiger partial charge in [0.2, 0.25) is 0 Å². The van der Waals surface area contributed by atoms with Crippen LogP contribution in [-0.2, 0) is 34.9 Å². The first-order valence-corrected chi connectivity index (χ1v) is 13.2. The number of sulfone groups is 1. The maximum atomic E-state index is 13.8. The molecule has 1 aromatic carbocycles. The highest BCUT2D eigenvalue weighted by Gasteiger charge is 2.81. The molecule has 0 saturated heterocycles. The topological polar surface area (TPSA) is 152 Å². The lowest BCUT2D eigenvalue weighted by Crippen LogP contribution is -2.61. The third kappa shape index (κ3) is 5.33. The molecule has 0 unspecified atom stereocenters. The molecule has 34 heavy (non-hydrogen) atoms. The highest BCUT2D eigenvalue weighted by molar-refractivity contribution is 7.92. The summed E-state index contributed by atoms with van der Waals surface area (Å²) in [5.74, 6) is -10.2. The fourth-order valence-electron chi connectivity index (χ4n) is 2.01. The lowest BCUT2D eigenvalue weighted by atomic mass is 9.86. The summed E-state index contributed by atoms with van der Waals surface area (Å²) in [6.07, 6.45) is 0.289. The van der Waals surface area contributed by atoms with Gasteiger partial charge in [0.25, 0.3) is 0 Å². The molecule has 0 saturated carbocycles. The maximum absolute atomic E-state index is 13.8. The van der Waals surface area contributed by atoms with E-state index in [1.165, 1.54) is 13.8 Å². The lowest BCUT2D eigenvalue weighted by Gasteiger charge is -2.32. The van der Waals surface area contributed by atoms with Gasteiger partial charge in [0.15, 0.2) is 25.7 Å². The fourth-order valence-corrected chi connectivity index (χ4v) is 4.88. The average Bonchev–Trinajstić information content (AvgIpc) is 2.66. The smallest absolute Gasteiger partial charge is 0.450 e. The van der Waals surface area contributed by atoms with Crippen molar-refractivity contribution in [1.29, 1.82) is 0 Å². The van der Waals surface area contributed by atoms with Crippen molar-refractivity contribution in [3.63, 3.8) is 0 Å². The summed E-state index contributed by atoms with van der Waals surface area (Å²) < 4.78 is 163. The van der Waals surface area contributed by atoms with Crippen LogP contribution >= 0.6 is 0 Å². The standard InChI is InChI=1S/C16H18F6O9S3/c1-4-13(2,3)12(23)9-32(24,25)11-7-5-10(6-8-11)31-34(29,30)16(21,22)14(17,18)15(19,20)33(26,27)28/h5-8H,4,9H2,1-3H3,(H,26,27,28)/p-1. The van der Waals surface area contributed by atoms with Crippen molar-refractivity contribution in [3.05, 3.63) is 24.3 Å². The van der Waals surface area contributed by atoms with Crippen LogP contribution in [0.15, 0.2) is 29.2 Å². The van der Waals surface area contributed by atoms with E-state index in [0.29, 0.717) is 24.3 Å². The summed E-state index contributed by atoms with van der Waals surface area (Å²) in [4.78, 5) is 11.5. The number of hydrogen-bond donors (Lipinski definition) is 0. The van der Waals surface area contributed by atoms with Gasteiger partial charge in [-0.2, -0.15) is 34.8 Å². The molecule has 0 bridgehead atoms. The molecule has 0 aliphatic rings. The zero-order valence-corrected chi connectivity index (χ0v) is 19.8. The Morgan fingerprint density at radius 2 is 1.32 bits per heavy atom. The molecule has 1 aromatic rings. The van der Waals surface area contributed by atoms with E-state index in [4.69, 9.17) is 0 Å². The molecule has 0 aliphatic heterocycles. The summed E-state index contributed by atoms with van der Waals surface area (Å²) in [5.41, 5.74) is -1.01. The average molecular weight is 563 g/mol. The van der Waals surface area contributed by atoms with Gasteiger partial charge in [-0.1, -0.05) is 20.8 Å². The molecule has 0 amide bonds. The second-order valence-corrected chi connectivity index (χ2v) is 12.5. The van der Waals surface area contributed by atoms with Gasteiger partial charge in [0.05, 0.1) is 4.90 Å². The van der Waals surface area contributed by atoms with Crippen molar-refractivity contribution < 1.29 is 65.1 Å². The summed E-state index contributed by atoms with van der Waals surface area (Å²) >= 11 is 0. The normalized spacial score (nSPS) is 14.6. The van der Waals surface area contributed by atoms with Crippen molar-refractivity contribution in [3.8, 4) is 5.75 Å². The van der Waals surface area contributed by atoms with Crippen molar-refractivity contribution in [2.24, 2.45) is 5.41 Å². The minimum absolute atomic E-state index is 0.289. The Hall–Kier alpha value is -1.92. The van der Waals surface area contributed by atoms with Gasteiger partial charge in [0.1, 0.15) is 11.5 Å². The number of carbonyl (C=O) groups is 1. The number of benzene rings is 1. The zero-order valence-electron chi connectivity index (χ0n) is 17.4. The molecule has 0 heterocycles. The summed E-state index contributed by atoms with van der Waals surface area (Å²) in [6, 6.07) is 1.85. The molecule has 1 rings (SSSR count). The van der Waals surface area contributed by atoms with E-state index in [9.17, 15) is 60.9 Å². The monoisotopic (exact) mass is 563 g/mol. The van der Waals surface area contributed by atoms with Crippen LogP contribution in [0.25, 0.3) is 0 Å². The Kier molecular flexibility index (Phi) is 7.92. The summed E-state index contributed by atoms with van der Waals surface area (Å²) in [5, 5.41) is -14.0. The van der Waals surface area contributed by atoms with Crippen molar-refractivity contribution in [2.45, 2.75) is 48.5 Å². The largest absolute Gasteiger partial charge is 0.743 e. The molecule has 18 heteroatoms. The van der Waals surface area contributed by atoms with E-state index >= 15 is 0 Å². The predicted molar refractivity (Wildman–Crippen MR) is 102 cm³/mol. The van der Waals surface area contributed by atoms with Gasteiger partial charge in [-0.25, -0.2) is 16.8 Å². The SMILES string of the molecule is CCC(C)(C)C(=O)CS(=O)(=O)c1ccc(OS(=O)(=O)C(F)(F)C(F)(F)C(F)(F)S(=O)(=O)[O-])cc1. The second kappa shape index (κ2) is 8.94. The van der Waals surface area contributed by atoms with E-state index in [1.807, 2.05) is 0 Å². The van der Waals surface area contributed by atoms with E-state index in [1.54, 1.807) is 6.92 Å². The molecule has 0 aliphatic carbocycles. The number of carbonyl (C=O) groups excluding carboxylic acids is 1. The van der Waals surface area contributed by atoms with Crippen LogP contribution in [0.4, 0.5) is 26.3 Å². The highest BCUT2D eigenvalue weighted by atomic mass is 32.2. The predicted octanol–water partition coefficient (Wildman–Crippen LogP) is 2.54. The van der Waals surface area contributed by atoms with E-state index in [0.717, 1.165) is 0 Å². The Morgan fingerprint density at radius 3 is 1.71 bits per heavy atom. The van der Waals surface area contributed by atoms with Gasteiger partial charge in [0, 0.05) is 5.41 Å². The Bertz CT molecular complexity index is 1250. The van der Waals surface area contributed by atoms with E-state index in [-0.39, 0.29) is 6.42 Å². The molecular formula is C16H17F6O9S3-. The Labute approximate surface area is 190 Å². The molecular weight excluding hydrogens is 546 g/mol. The van der Waals surface area contributed by atoms with Crippen LogP contribution in [0.1, 0.15) is 27.2 Å². The maximum Gasteiger partial charge on any atom is 0.450 e. The molecule has 0 fully saturated rings. The minimum atomic E-state index is -7.45. The number of hydrogen-bond acceptors (Lipinski definition) is 9. The van der Waals surface area contributed by atoms with Crippen LogP contribution in [-0.4, -0.2) is 57.8 Å². The lowest BCUT2D eigenvalue weighted by molar-refractivity contribution is -0.247. The van der Waals surface area contributed by atoms with Gasteiger partial charge in [-0.05, 0) is 30.7 Å². The number of halogens is 6. The quantitative estimate of drug-likeness (QED) is 0.225. The van der Waals surface area contributed by atoms with Gasteiger partial charge >= 0.3 is 26.5 Å². The number of Topliss-reactive ketones (excluding diaryl/α,β-unsaturated/α-hetero) is 1. The number of ketones is 1. The van der Waals surface area contributed by atoms with Crippen LogP contribution in [0, 0.1) is 5.41 Å². The first-order chi connectivity index (χ1) is 14.9. The van der Waals surface area contributed by atoms with Crippen molar-refractivity contribution in [1.82, 2.24) is 0 Å². The number of rotatable bonds is 11. The highest BCUT2D eigenvalue weighted by Crippen LogP contribution is 2.50. The van der Waals surface area contributed by atoms with E-state index in [2.05, 4.69) is 4.18 Å². The second-order valence-electron chi connectivity index (χ2n) is 7.49. The van der Waals surface area contributed by atoms with E-state index < -0.39 is 74.1 Å². The third-order valence-corrected chi connectivity index (χ3v) is 8.52. The van der Waals surface area contributed by atoms with Crippen molar-refractivity contribution in [2.75, 3.05) is 5.75 Å². The van der Waals surface area contributed by atoms with Crippen molar-refractivity contribution >= 4 is 35.9 Å². The molecule has 0 N–H and O–H groups in total. The first kappa shape index (κ1) is 30.1. The molecule has 9 nitrogen and oxygen atoms in total. The molecule has 0 radical (unpaired) electrons. The van der Waals surface area contributed by atoms with Crippen LogP contribution < -0.4 is 4.18 Å². The minimum Gasteiger partial charge on any atom is -0.743 e. The fraction of sp³-hybridized carbons (Fsp3) is 0.562. The van der Waals surface area contributed by atoms with Gasteiger partial charge < -0.3 is 8.74 Å². The van der Waals surface area contributed by atoms with Gasteiger partial charge in [-0.3, -0.25) is 4.79 Å². The number of alkyl halides is 6.